The Kier molecular flexibility index (Phi) is 8.46. The van der Waals surface area contributed by atoms with E-state index in [-0.39, 0.29) is 6.10 Å². The molecule has 0 amide bonds. The molecule has 3 rings (SSSR count). The fraction of sp³-hybridized carbons (Fsp3) is 0.545. The van der Waals surface area contributed by atoms with E-state index in [4.69, 9.17) is 9.73 Å². The summed E-state index contributed by atoms with van der Waals surface area (Å²) in [6.07, 6.45) is 5.00. The minimum absolute atomic E-state index is 0.269. The number of nitrogens with one attached hydrogen (secondary N) is 2. The maximum atomic E-state index is 5.74. The third-order valence-corrected chi connectivity index (χ3v) is 6.15. The fourth-order valence-corrected chi connectivity index (χ4v) is 4.46. The Labute approximate surface area is 178 Å². The highest BCUT2D eigenvalue weighted by atomic mass is 32.1. The van der Waals surface area contributed by atoms with E-state index >= 15 is 0 Å². The lowest BCUT2D eigenvalue weighted by atomic mass is 10.1. The van der Waals surface area contributed by atoms with Gasteiger partial charge in [-0.25, -0.2) is 0 Å². The number of rotatable bonds is 8. The van der Waals surface area contributed by atoms with Crippen molar-refractivity contribution in [3.05, 3.63) is 52.0 Å². The summed E-state index contributed by atoms with van der Waals surface area (Å²) in [6, 6.07) is 6.73. The number of aliphatic imine (C=N–C) groups is 1. The van der Waals surface area contributed by atoms with Gasteiger partial charge in [-0.3, -0.25) is 14.9 Å². The molecule has 3 heterocycles. The van der Waals surface area contributed by atoms with Crippen LogP contribution in [0, 0.1) is 6.92 Å². The van der Waals surface area contributed by atoms with E-state index in [1.54, 1.807) is 0 Å². The molecule has 158 valence electrons. The first-order chi connectivity index (χ1) is 14.2. The number of hydrogen-bond donors (Lipinski definition) is 2. The lowest BCUT2D eigenvalue weighted by Gasteiger charge is -2.36. The first-order valence-electron chi connectivity index (χ1n) is 10.5. The number of morpholine rings is 1. The van der Waals surface area contributed by atoms with Gasteiger partial charge in [0.1, 0.15) is 0 Å². The minimum Gasteiger partial charge on any atom is -0.376 e. The van der Waals surface area contributed by atoms with E-state index in [1.807, 2.05) is 23.7 Å². The second-order valence-corrected chi connectivity index (χ2v) is 8.39. The van der Waals surface area contributed by atoms with Crippen LogP contribution in [-0.2, 0) is 11.2 Å². The standard InChI is InChI=1S/C22H33N5OS/c1-4-24-22(25-10-8-19-7-9-23-14-17(19)2)26-15-20(21-6-5-13-29-21)27-11-12-28-18(3)16-27/h5-7,9,13-14,18,20H,4,8,10-12,15-16H2,1-3H3,(H2,24,25,26). The maximum absolute atomic E-state index is 5.74. The predicted octanol–water partition coefficient (Wildman–Crippen LogP) is 3.01. The Balaban J connectivity index is 1.63. The molecule has 6 nitrogen and oxygen atoms in total. The van der Waals surface area contributed by atoms with Crippen LogP contribution in [0.4, 0.5) is 0 Å². The van der Waals surface area contributed by atoms with Crippen molar-refractivity contribution in [2.24, 2.45) is 4.99 Å². The van der Waals surface area contributed by atoms with Crippen LogP contribution < -0.4 is 10.6 Å². The molecular formula is C22H33N5OS. The summed E-state index contributed by atoms with van der Waals surface area (Å²) in [5.41, 5.74) is 2.55. The van der Waals surface area contributed by atoms with Crippen molar-refractivity contribution in [3.63, 3.8) is 0 Å². The van der Waals surface area contributed by atoms with E-state index in [0.717, 1.165) is 51.7 Å². The first-order valence-corrected chi connectivity index (χ1v) is 11.4. The Morgan fingerprint density at radius 3 is 3.03 bits per heavy atom. The van der Waals surface area contributed by atoms with Gasteiger partial charge in [-0.1, -0.05) is 6.07 Å². The molecule has 2 N–H and O–H groups in total. The number of thiophene rings is 1. The van der Waals surface area contributed by atoms with Crippen LogP contribution in [0.5, 0.6) is 0 Å². The van der Waals surface area contributed by atoms with Crippen molar-refractivity contribution in [1.29, 1.82) is 0 Å². The quantitative estimate of drug-likeness (QED) is 0.513. The van der Waals surface area contributed by atoms with E-state index in [2.05, 4.69) is 64.9 Å². The smallest absolute Gasteiger partial charge is 0.191 e. The van der Waals surface area contributed by atoms with Crippen LogP contribution in [0.15, 0.2) is 41.0 Å². The van der Waals surface area contributed by atoms with Gasteiger partial charge in [0.15, 0.2) is 5.96 Å². The molecule has 7 heteroatoms. The van der Waals surface area contributed by atoms with E-state index < -0.39 is 0 Å². The summed E-state index contributed by atoms with van der Waals surface area (Å²) in [6.45, 7) is 11.5. The Morgan fingerprint density at radius 2 is 2.31 bits per heavy atom. The number of aromatic nitrogens is 1. The van der Waals surface area contributed by atoms with Gasteiger partial charge in [0.2, 0.25) is 0 Å². The molecule has 0 bridgehead atoms. The van der Waals surface area contributed by atoms with Gasteiger partial charge in [0.25, 0.3) is 0 Å². The molecule has 29 heavy (non-hydrogen) atoms. The van der Waals surface area contributed by atoms with Crippen LogP contribution >= 0.6 is 11.3 Å². The Morgan fingerprint density at radius 1 is 1.41 bits per heavy atom. The van der Waals surface area contributed by atoms with Crippen LogP contribution in [-0.4, -0.2) is 61.3 Å². The highest BCUT2D eigenvalue weighted by Crippen LogP contribution is 2.27. The van der Waals surface area contributed by atoms with Crippen molar-refractivity contribution < 1.29 is 4.74 Å². The van der Waals surface area contributed by atoms with Crippen molar-refractivity contribution in [3.8, 4) is 0 Å². The summed E-state index contributed by atoms with van der Waals surface area (Å²) in [4.78, 5) is 13.0. The SMILES string of the molecule is CCNC(=NCC(c1cccs1)N1CCOC(C)C1)NCCc1ccncc1C. The molecule has 2 aromatic heterocycles. The maximum Gasteiger partial charge on any atom is 0.191 e. The third kappa shape index (κ3) is 6.52. The Bertz CT molecular complexity index is 764. The molecule has 1 saturated heterocycles. The molecule has 1 fully saturated rings. The zero-order valence-corrected chi connectivity index (χ0v) is 18.5. The van der Waals surface area contributed by atoms with Crippen LogP contribution in [0.2, 0.25) is 0 Å². The molecule has 0 saturated carbocycles. The van der Waals surface area contributed by atoms with E-state index in [1.165, 1.54) is 16.0 Å². The number of pyridine rings is 1. The average molecular weight is 416 g/mol. The largest absolute Gasteiger partial charge is 0.376 e. The predicted molar refractivity (Wildman–Crippen MR) is 121 cm³/mol. The number of guanidine groups is 1. The van der Waals surface area contributed by atoms with Gasteiger partial charge in [-0.15, -0.1) is 11.3 Å². The molecule has 2 atom stereocenters. The van der Waals surface area contributed by atoms with Gasteiger partial charge in [-0.2, -0.15) is 0 Å². The summed E-state index contributed by atoms with van der Waals surface area (Å²) in [5.74, 6) is 0.877. The highest BCUT2D eigenvalue weighted by Gasteiger charge is 2.26. The van der Waals surface area contributed by atoms with Crippen LogP contribution in [0.25, 0.3) is 0 Å². The molecule has 1 aliphatic rings. The average Bonchev–Trinajstić information content (AvgIpc) is 3.24. The molecule has 0 spiro atoms. The normalized spacial score (nSPS) is 19.1. The molecule has 2 aromatic rings. The zero-order chi connectivity index (χ0) is 20.5. The number of nitrogens with zero attached hydrogens (tertiary/aromatic N) is 3. The van der Waals surface area contributed by atoms with Gasteiger partial charge >= 0.3 is 0 Å². The van der Waals surface area contributed by atoms with Crippen molar-refractivity contribution in [2.75, 3.05) is 39.3 Å². The second kappa shape index (κ2) is 11.3. The van der Waals surface area contributed by atoms with E-state index in [0.29, 0.717) is 6.04 Å². The highest BCUT2D eigenvalue weighted by molar-refractivity contribution is 7.10. The van der Waals surface area contributed by atoms with Crippen molar-refractivity contribution >= 4 is 17.3 Å². The number of aryl methyl sites for hydroxylation is 1. The monoisotopic (exact) mass is 415 g/mol. The zero-order valence-electron chi connectivity index (χ0n) is 17.7. The minimum atomic E-state index is 0.269. The Hall–Kier alpha value is -1.96. The summed E-state index contributed by atoms with van der Waals surface area (Å²) in [5, 5.41) is 9.02. The lowest BCUT2D eigenvalue weighted by molar-refractivity contribution is -0.0327. The third-order valence-electron chi connectivity index (χ3n) is 5.17. The lowest BCUT2D eigenvalue weighted by Crippen LogP contribution is -2.44. The van der Waals surface area contributed by atoms with Crippen molar-refractivity contribution in [2.45, 2.75) is 39.3 Å². The summed E-state index contributed by atoms with van der Waals surface area (Å²) >= 11 is 1.81. The van der Waals surface area contributed by atoms with Gasteiger partial charge < -0.3 is 15.4 Å². The number of ether oxygens (including phenoxy) is 1. The van der Waals surface area contributed by atoms with Crippen molar-refractivity contribution in [1.82, 2.24) is 20.5 Å². The molecule has 0 radical (unpaired) electrons. The van der Waals surface area contributed by atoms with Gasteiger partial charge in [-0.05, 0) is 55.8 Å². The molecule has 1 aliphatic heterocycles. The topological polar surface area (TPSA) is 61.8 Å². The molecular weight excluding hydrogens is 382 g/mol. The van der Waals surface area contributed by atoms with E-state index in [9.17, 15) is 0 Å². The molecule has 0 aliphatic carbocycles. The van der Waals surface area contributed by atoms with Gasteiger partial charge in [0.05, 0.1) is 25.3 Å². The van der Waals surface area contributed by atoms with Crippen LogP contribution in [0.3, 0.4) is 0 Å². The second-order valence-electron chi connectivity index (χ2n) is 7.41. The number of hydrogen-bond acceptors (Lipinski definition) is 5. The molecule has 0 aromatic carbocycles. The molecule has 2 unspecified atom stereocenters. The first kappa shape index (κ1) is 21.7. The van der Waals surface area contributed by atoms with Crippen LogP contribution in [0.1, 0.15) is 35.9 Å². The summed E-state index contributed by atoms with van der Waals surface area (Å²) in [7, 11) is 0. The van der Waals surface area contributed by atoms with Gasteiger partial charge in [0, 0.05) is 43.4 Å². The summed E-state index contributed by atoms with van der Waals surface area (Å²) < 4.78 is 5.74. The fourth-order valence-electron chi connectivity index (χ4n) is 3.61.